The number of methoxy groups -OCH3 is 1. The van der Waals surface area contributed by atoms with Gasteiger partial charge in [-0.1, -0.05) is 12.1 Å². The largest absolute Gasteiger partial charge is 0.497 e. The smallest absolute Gasteiger partial charge is 0.193 e. The van der Waals surface area contributed by atoms with E-state index in [0.29, 0.717) is 5.92 Å². The van der Waals surface area contributed by atoms with Crippen LogP contribution in [0.4, 0.5) is 0 Å². The van der Waals surface area contributed by atoms with E-state index < -0.39 is 0 Å². The van der Waals surface area contributed by atoms with Gasteiger partial charge in [-0.25, -0.2) is 0 Å². The van der Waals surface area contributed by atoms with Crippen LogP contribution in [0.2, 0.25) is 0 Å². The zero-order valence-corrected chi connectivity index (χ0v) is 15.9. The van der Waals surface area contributed by atoms with Crippen LogP contribution in [0.15, 0.2) is 29.3 Å². The standard InChI is InChI=1S/C20H32N4O/c1-21-20(22-13-16-5-4-11-23(2)14-16)24-12-10-18(15-24)17-6-8-19(25-3)9-7-17/h6-9,16,18H,4-5,10-15H2,1-3H3,(H,21,22). The van der Waals surface area contributed by atoms with E-state index in [1.54, 1.807) is 7.11 Å². The number of benzene rings is 1. The lowest BCUT2D eigenvalue weighted by atomic mass is 9.98. The van der Waals surface area contributed by atoms with Crippen molar-refractivity contribution in [3.8, 4) is 5.75 Å². The van der Waals surface area contributed by atoms with E-state index in [1.807, 2.05) is 7.05 Å². The van der Waals surface area contributed by atoms with Crippen LogP contribution in [0.5, 0.6) is 5.75 Å². The first-order chi connectivity index (χ1) is 12.2. The minimum absolute atomic E-state index is 0.574. The molecule has 0 saturated carbocycles. The average Bonchev–Trinajstić information content (AvgIpc) is 3.12. The van der Waals surface area contributed by atoms with E-state index >= 15 is 0 Å². The van der Waals surface area contributed by atoms with Gasteiger partial charge in [-0.05, 0) is 56.5 Å². The Morgan fingerprint density at radius 2 is 2.00 bits per heavy atom. The van der Waals surface area contributed by atoms with Crippen molar-refractivity contribution in [1.82, 2.24) is 15.1 Å². The molecule has 2 heterocycles. The number of hydrogen-bond donors (Lipinski definition) is 1. The summed E-state index contributed by atoms with van der Waals surface area (Å²) in [4.78, 5) is 9.37. The number of guanidine groups is 1. The topological polar surface area (TPSA) is 40.1 Å². The summed E-state index contributed by atoms with van der Waals surface area (Å²) in [6.07, 6.45) is 3.81. The molecule has 1 aromatic carbocycles. The Hall–Kier alpha value is -1.75. The highest BCUT2D eigenvalue weighted by molar-refractivity contribution is 5.80. The third-order valence-corrected chi connectivity index (χ3v) is 5.56. The molecule has 0 radical (unpaired) electrons. The lowest BCUT2D eigenvalue weighted by Gasteiger charge is -2.31. The van der Waals surface area contributed by atoms with Crippen molar-refractivity contribution in [3.63, 3.8) is 0 Å². The Morgan fingerprint density at radius 3 is 2.68 bits per heavy atom. The van der Waals surface area contributed by atoms with Crippen LogP contribution in [0.25, 0.3) is 0 Å². The Kier molecular flexibility index (Phi) is 6.19. The van der Waals surface area contributed by atoms with Gasteiger partial charge in [-0.3, -0.25) is 4.99 Å². The Morgan fingerprint density at radius 1 is 1.20 bits per heavy atom. The van der Waals surface area contributed by atoms with E-state index in [-0.39, 0.29) is 0 Å². The molecule has 0 aromatic heterocycles. The summed E-state index contributed by atoms with van der Waals surface area (Å²) >= 11 is 0. The number of hydrogen-bond acceptors (Lipinski definition) is 3. The van der Waals surface area contributed by atoms with Crippen molar-refractivity contribution in [3.05, 3.63) is 29.8 Å². The minimum atomic E-state index is 0.574. The third-order valence-electron chi connectivity index (χ3n) is 5.56. The van der Waals surface area contributed by atoms with E-state index in [0.717, 1.165) is 37.3 Å². The van der Waals surface area contributed by atoms with Crippen molar-refractivity contribution >= 4 is 5.96 Å². The van der Waals surface area contributed by atoms with Crippen molar-refractivity contribution in [2.24, 2.45) is 10.9 Å². The molecule has 138 valence electrons. The molecule has 2 atom stereocenters. The van der Waals surface area contributed by atoms with Gasteiger partial charge < -0.3 is 19.9 Å². The molecule has 1 aromatic rings. The Bertz CT molecular complexity index is 572. The number of rotatable bonds is 4. The molecule has 0 spiro atoms. The molecule has 2 aliphatic heterocycles. The molecule has 5 heteroatoms. The SMILES string of the molecule is CN=C(NCC1CCCN(C)C1)N1CCC(c2ccc(OC)cc2)C1. The second-order valence-corrected chi connectivity index (χ2v) is 7.40. The lowest BCUT2D eigenvalue weighted by Crippen LogP contribution is -2.44. The maximum absolute atomic E-state index is 5.26. The number of piperidine rings is 1. The first kappa shape index (κ1) is 18.1. The molecule has 0 bridgehead atoms. The minimum Gasteiger partial charge on any atom is -0.497 e. The molecule has 5 nitrogen and oxygen atoms in total. The van der Waals surface area contributed by atoms with Crippen molar-refractivity contribution in [2.45, 2.75) is 25.2 Å². The van der Waals surface area contributed by atoms with Crippen LogP contribution in [0, 0.1) is 5.92 Å². The maximum Gasteiger partial charge on any atom is 0.193 e. The van der Waals surface area contributed by atoms with Gasteiger partial charge in [0.25, 0.3) is 0 Å². The Balaban J connectivity index is 1.52. The number of likely N-dealkylation sites (tertiary alicyclic amines) is 2. The van der Waals surface area contributed by atoms with Gasteiger partial charge in [0.2, 0.25) is 0 Å². The second-order valence-electron chi connectivity index (χ2n) is 7.40. The van der Waals surface area contributed by atoms with Crippen LogP contribution in [0.3, 0.4) is 0 Å². The Labute approximate surface area is 152 Å². The van der Waals surface area contributed by atoms with E-state index in [1.165, 1.54) is 37.9 Å². The molecule has 2 unspecified atom stereocenters. The molecule has 1 N–H and O–H groups in total. The van der Waals surface area contributed by atoms with Gasteiger partial charge in [0, 0.05) is 39.1 Å². The van der Waals surface area contributed by atoms with Crippen molar-refractivity contribution in [1.29, 1.82) is 0 Å². The number of aliphatic imine (C=N–C) groups is 1. The van der Waals surface area contributed by atoms with Gasteiger partial charge in [0.1, 0.15) is 5.75 Å². The van der Waals surface area contributed by atoms with Gasteiger partial charge in [-0.15, -0.1) is 0 Å². The van der Waals surface area contributed by atoms with Gasteiger partial charge in [0.15, 0.2) is 5.96 Å². The normalized spacial score (nSPS) is 25.2. The molecule has 0 amide bonds. The predicted molar refractivity (Wildman–Crippen MR) is 104 cm³/mol. The van der Waals surface area contributed by atoms with Crippen molar-refractivity contribution < 1.29 is 4.74 Å². The van der Waals surface area contributed by atoms with Crippen LogP contribution in [0.1, 0.15) is 30.7 Å². The average molecular weight is 345 g/mol. The summed E-state index contributed by atoms with van der Waals surface area (Å²) in [6, 6.07) is 8.51. The van der Waals surface area contributed by atoms with Gasteiger partial charge in [0.05, 0.1) is 7.11 Å². The summed E-state index contributed by atoms with van der Waals surface area (Å²) in [7, 11) is 5.84. The molecular formula is C20H32N4O. The highest BCUT2D eigenvalue weighted by Gasteiger charge is 2.26. The molecular weight excluding hydrogens is 312 g/mol. The first-order valence-corrected chi connectivity index (χ1v) is 9.47. The van der Waals surface area contributed by atoms with Crippen LogP contribution in [-0.4, -0.2) is 69.7 Å². The monoisotopic (exact) mass is 344 g/mol. The number of ether oxygens (including phenoxy) is 1. The fourth-order valence-electron chi connectivity index (χ4n) is 4.11. The highest BCUT2D eigenvalue weighted by Crippen LogP contribution is 2.28. The van der Waals surface area contributed by atoms with Crippen LogP contribution in [-0.2, 0) is 0 Å². The second kappa shape index (κ2) is 8.56. The fourth-order valence-corrected chi connectivity index (χ4v) is 4.11. The van der Waals surface area contributed by atoms with E-state index in [9.17, 15) is 0 Å². The summed E-state index contributed by atoms with van der Waals surface area (Å²) in [5.41, 5.74) is 1.40. The van der Waals surface area contributed by atoms with Gasteiger partial charge >= 0.3 is 0 Å². The lowest BCUT2D eigenvalue weighted by molar-refractivity contribution is 0.209. The van der Waals surface area contributed by atoms with Gasteiger partial charge in [-0.2, -0.15) is 0 Å². The number of nitrogens with one attached hydrogen (secondary N) is 1. The highest BCUT2D eigenvalue weighted by atomic mass is 16.5. The van der Waals surface area contributed by atoms with Crippen LogP contribution < -0.4 is 10.1 Å². The first-order valence-electron chi connectivity index (χ1n) is 9.47. The predicted octanol–water partition coefficient (Wildman–Crippen LogP) is 2.40. The number of nitrogens with zero attached hydrogens (tertiary/aromatic N) is 3. The zero-order chi connectivity index (χ0) is 17.6. The molecule has 0 aliphatic carbocycles. The zero-order valence-electron chi connectivity index (χ0n) is 15.9. The summed E-state index contributed by atoms with van der Waals surface area (Å²) in [5, 5.41) is 3.62. The molecule has 2 aliphatic rings. The quantitative estimate of drug-likeness (QED) is 0.673. The third kappa shape index (κ3) is 4.66. The maximum atomic E-state index is 5.26. The molecule has 2 fully saturated rings. The van der Waals surface area contributed by atoms with E-state index in [4.69, 9.17) is 4.74 Å². The molecule has 25 heavy (non-hydrogen) atoms. The summed E-state index contributed by atoms with van der Waals surface area (Å²) in [5.74, 6) is 3.29. The fraction of sp³-hybridized carbons (Fsp3) is 0.650. The molecule has 3 rings (SSSR count). The molecule has 2 saturated heterocycles. The van der Waals surface area contributed by atoms with Crippen LogP contribution >= 0.6 is 0 Å². The summed E-state index contributed by atoms with van der Waals surface area (Å²) < 4.78 is 5.26. The summed E-state index contributed by atoms with van der Waals surface area (Å²) in [6.45, 7) is 5.57. The van der Waals surface area contributed by atoms with Crippen molar-refractivity contribution in [2.75, 3.05) is 53.9 Å². The van der Waals surface area contributed by atoms with E-state index in [2.05, 4.69) is 51.4 Å².